The van der Waals surface area contributed by atoms with Crippen LogP contribution in [0.25, 0.3) is 0 Å². The van der Waals surface area contributed by atoms with E-state index in [2.05, 4.69) is 11.7 Å². The Morgan fingerprint density at radius 2 is 0.927 bits per heavy atom. The maximum absolute atomic E-state index is 13.7. The van der Waals surface area contributed by atoms with Crippen LogP contribution in [0.1, 0.15) is 111 Å². The third-order valence-corrected chi connectivity index (χ3v) is 6.58. The van der Waals surface area contributed by atoms with Crippen LogP contribution in [0.5, 0.6) is 5.75 Å². The quantitative estimate of drug-likeness (QED) is 0.0510. The summed E-state index contributed by atoms with van der Waals surface area (Å²) in [5.41, 5.74) is -0.119. The number of benzene rings is 2. The van der Waals surface area contributed by atoms with Crippen molar-refractivity contribution in [2.45, 2.75) is 90.4 Å². The minimum atomic E-state index is -2.31. The van der Waals surface area contributed by atoms with E-state index in [4.69, 9.17) is 9.47 Å². The molecule has 0 unspecified atom stereocenters. The van der Waals surface area contributed by atoms with Gasteiger partial charge in [0.05, 0.1) is 17.7 Å². The molecule has 0 heterocycles. The molecule has 0 amide bonds. The zero-order chi connectivity index (χ0) is 30.0. The molecular weight excluding hydrogens is 547 g/mol. The molecule has 5 nitrogen and oxygen atoms in total. The molecule has 228 valence electrons. The van der Waals surface area contributed by atoms with Gasteiger partial charge in [0, 0.05) is 0 Å². The molecule has 0 fully saturated rings. The third kappa shape index (κ3) is 11.3. The highest BCUT2D eigenvalue weighted by Crippen LogP contribution is 2.29. The zero-order valence-corrected chi connectivity index (χ0v) is 23.6. The van der Waals surface area contributed by atoms with Crippen LogP contribution in [-0.4, -0.2) is 31.8 Å². The lowest BCUT2D eigenvalue weighted by atomic mass is 10.0. The van der Waals surface area contributed by atoms with Crippen LogP contribution >= 0.6 is 0 Å². The Kier molecular flexibility index (Phi) is 15.8. The maximum atomic E-state index is 13.7. The van der Waals surface area contributed by atoms with Crippen molar-refractivity contribution in [1.29, 1.82) is 0 Å². The summed E-state index contributed by atoms with van der Waals surface area (Å²) < 4.78 is 81.9. The van der Waals surface area contributed by atoms with Crippen molar-refractivity contribution in [1.82, 2.24) is 0 Å². The maximum Gasteiger partial charge on any atom is 0.339 e. The van der Waals surface area contributed by atoms with Gasteiger partial charge < -0.3 is 14.2 Å². The molecule has 0 radical (unpaired) electrons. The molecule has 0 saturated heterocycles. The highest BCUT2D eigenvalue weighted by atomic mass is 19.2. The van der Waals surface area contributed by atoms with Crippen LogP contribution in [0, 0.1) is 29.1 Å². The largest absolute Gasteiger partial charge is 0.484 e. The predicted molar refractivity (Wildman–Crippen MR) is 144 cm³/mol. The number of rotatable bonds is 20. The van der Waals surface area contributed by atoms with Crippen molar-refractivity contribution >= 4 is 11.9 Å². The smallest absolute Gasteiger partial charge is 0.339 e. The van der Waals surface area contributed by atoms with Crippen molar-refractivity contribution in [2.24, 2.45) is 0 Å². The number of esters is 2. The first-order valence-corrected chi connectivity index (χ1v) is 14.4. The Balaban J connectivity index is 1.66. The molecule has 2 aromatic carbocycles. The van der Waals surface area contributed by atoms with Crippen LogP contribution in [0.2, 0.25) is 0 Å². The van der Waals surface area contributed by atoms with Crippen LogP contribution in [0.15, 0.2) is 24.3 Å². The Labute approximate surface area is 238 Å². The molecule has 41 heavy (non-hydrogen) atoms. The van der Waals surface area contributed by atoms with Gasteiger partial charge in [0.2, 0.25) is 29.1 Å². The molecule has 0 aliphatic rings. The molecule has 10 heteroatoms. The number of hydrogen-bond donors (Lipinski definition) is 0. The second-order valence-corrected chi connectivity index (χ2v) is 9.81. The molecule has 0 N–H and O–H groups in total. The lowest BCUT2D eigenvalue weighted by Gasteiger charge is -2.12. The van der Waals surface area contributed by atoms with Gasteiger partial charge >= 0.3 is 11.9 Å². The van der Waals surface area contributed by atoms with E-state index >= 15 is 0 Å². The molecule has 0 bridgehead atoms. The molecule has 0 aliphatic heterocycles. The number of halogens is 5. The van der Waals surface area contributed by atoms with Gasteiger partial charge in [0.25, 0.3) is 0 Å². The summed E-state index contributed by atoms with van der Waals surface area (Å²) in [6.45, 7) is 1.14. The normalized spacial score (nSPS) is 11.0. The highest BCUT2D eigenvalue weighted by Gasteiger charge is 2.27. The Morgan fingerprint density at radius 3 is 1.39 bits per heavy atom. The number of carbonyl (C=O) groups is 2. The van der Waals surface area contributed by atoms with E-state index in [-0.39, 0.29) is 17.7 Å². The van der Waals surface area contributed by atoms with Gasteiger partial charge in [-0.1, -0.05) is 96.1 Å². The summed E-state index contributed by atoms with van der Waals surface area (Å²) in [5.74, 6) is -14.0. The first-order valence-electron chi connectivity index (χ1n) is 14.4. The van der Waals surface area contributed by atoms with Gasteiger partial charge in [0.15, 0.2) is 5.75 Å². The topological polar surface area (TPSA) is 61.8 Å². The summed E-state index contributed by atoms with van der Waals surface area (Å²) in [5, 5.41) is 0. The number of hydrogen-bond acceptors (Lipinski definition) is 5. The van der Waals surface area contributed by atoms with Crippen LogP contribution < -0.4 is 4.74 Å². The first kappa shape index (κ1) is 34.0. The first-order chi connectivity index (χ1) is 19.8. The van der Waals surface area contributed by atoms with E-state index < -0.39 is 60.0 Å². The van der Waals surface area contributed by atoms with Crippen LogP contribution in [0.4, 0.5) is 22.0 Å². The average Bonchev–Trinajstić information content (AvgIpc) is 2.98. The van der Waals surface area contributed by atoms with E-state index in [0.29, 0.717) is 6.42 Å². The number of unbranched alkanes of at least 4 members (excludes halogenated alkanes) is 12. The van der Waals surface area contributed by atoms with E-state index in [9.17, 15) is 31.5 Å². The summed E-state index contributed by atoms with van der Waals surface area (Å²) in [6.07, 6.45) is 15.5. The van der Waals surface area contributed by atoms with Gasteiger partial charge in [-0.3, -0.25) is 0 Å². The van der Waals surface area contributed by atoms with E-state index in [1.165, 1.54) is 76.0 Å². The fraction of sp³-hybridized carbons (Fsp3) is 0.548. The van der Waals surface area contributed by atoms with Crippen molar-refractivity contribution in [3.63, 3.8) is 0 Å². The van der Waals surface area contributed by atoms with E-state index in [1.807, 2.05) is 0 Å². The Hall–Kier alpha value is -3.17. The monoisotopic (exact) mass is 586 g/mol. The van der Waals surface area contributed by atoms with Crippen molar-refractivity contribution in [3.05, 3.63) is 64.5 Å². The average molecular weight is 587 g/mol. The molecule has 0 aromatic heterocycles. The zero-order valence-electron chi connectivity index (χ0n) is 23.6. The van der Waals surface area contributed by atoms with Crippen molar-refractivity contribution in [2.75, 3.05) is 19.8 Å². The minimum Gasteiger partial charge on any atom is -0.484 e. The van der Waals surface area contributed by atoms with E-state index in [0.717, 1.165) is 19.3 Å². The molecule has 0 atom stereocenters. The molecule has 2 aromatic rings. The summed E-state index contributed by atoms with van der Waals surface area (Å²) in [4.78, 5) is 25.0. The number of carbonyl (C=O) groups excluding carboxylic acids is 2. The SMILES string of the molecule is CCCCCCCCCCCCCCCOC(=O)c1ccccc1C(=O)OCCOc1c(F)c(F)c(F)c(F)c1F. The fourth-order valence-electron chi connectivity index (χ4n) is 4.27. The standard InChI is InChI=1S/C31H39F5O5/c1-2-3-4-5-6-7-8-9-10-11-12-13-16-19-40-30(37)22-17-14-15-18-23(22)31(38)41-21-20-39-29-27(35)25(33)24(32)26(34)28(29)36/h14-15,17-18H,2-13,16,19-21H2,1H3. The second-order valence-electron chi connectivity index (χ2n) is 9.81. The van der Waals surface area contributed by atoms with Gasteiger partial charge in [0.1, 0.15) is 13.2 Å². The summed E-state index contributed by atoms with van der Waals surface area (Å²) in [7, 11) is 0. The van der Waals surface area contributed by atoms with Crippen LogP contribution in [-0.2, 0) is 9.47 Å². The lowest BCUT2D eigenvalue weighted by Crippen LogP contribution is -2.17. The predicted octanol–water partition coefficient (Wildman–Crippen LogP) is 8.87. The molecular formula is C31H39F5O5. The third-order valence-electron chi connectivity index (χ3n) is 6.58. The fourth-order valence-corrected chi connectivity index (χ4v) is 4.27. The summed E-state index contributed by atoms with van der Waals surface area (Å²) in [6, 6.07) is 5.79. The second kappa shape index (κ2) is 19.0. The summed E-state index contributed by atoms with van der Waals surface area (Å²) >= 11 is 0. The Morgan fingerprint density at radius 1 is 0.537 bits per heavy atom. The van der Waals surface area contributed by atoms with Gasteiger partial charge in [-0.15, -0.1) is 0 Å². The molecule has 2 rings (SSSR count). The van der Waals surface area contributed by atoms with E-state index in [1.54, 1.807) is 6.07 Å². The molecule has 0 saturated carbocycles. The molecule has 0 spiro atoms. The van der Waals surface area contributed by atoms with Crippen LogP contribution in [0.3, 0.4) is 0 Å². The van der Waals surface area contributed by atoms with Gasteiger partial charge in [-0.05, 0) is 18.6 Å². The van der Waals surface area contributed by atoms with Crippen molar-refractivity contribution in [3.8, 4) is 5.75 Å². The highest BCUT2D eigenvalue weighted by molar-refractivity contribution is 6.03. The van der Waals surface area contributed by atoms with Crippen molar-refractivity contribution < 1.29 is 45.8 Å². The molecule has 0 aliphatic carbocycles. The lowest BCUT2D eigenvalue weighted by molar-refractivity contribution is 0.0418. The van der Waals surface area contributed by atoms with Gasteiger partial charge in [-0.25, -0.2) is 22.8 Å². The van der Waals surface area contributed by atoms with Gasteiger partial charge in [-0.2, -0.15) is 8.78 Å². The minimum absolute atomic E-state index is 0.0205. The number of ether oxygens (including phenoxy) is 3. The Bertz CT molecular complexity index is 1080.